The predicted molar refractivity (Wildman–Crippen MR) is 55.0 cm³/mol. The van der Waals surface area contributed by atoms with Crippen LogP contribution in [0.1, 0.15) is 5.56 Å². The second-order valence-corrected chi connectivity index (χ2v) is 2.99. The van der Waals surface area contributed by atoms with Crippen molar-refractivity contribution in [2.75, 3.05) is 0 Å². The largest absolute Gasteiger partial charge is 0.504 e. The van der Waals surface area contributed by atoms with Gasteiger partial charge in [-0.15, -0.1) is 0 Å². The van der Waals surface area contributed by atoms with Crippen LogP contribution in [-0.4, -0.2) is 21.4 Å². The van der Waals surface area contributed by atoms with Gasteiger partial charge in [0.25, 0.3) is 0 Å². The summed E-state index contributed by atoms with van der Waals surface area (Å²) in [6, 6.07) is 7.10. The van der Waals surface area contributed by atoms with Crippen LogP contribution in [0.2, 0.25) is 0 Å². The van der Waals surface area contributed by atoms with Gasteiger partial charge in [-0.1, -0.05) is 6.07 Å². The standard InChI is InChI=1S/C11H8N2O3/c12-5-8(11(16)6-13)3-7-1-2-9(14)10(15)4-7/h1-4,11,14-16H/b8-3-. The Morgan fingerprint density at radius 2 is 1.94 bits per heavy atom. The fraction of sp³-hybridized carbons (Fsp3) is 0.0909. The first-order valence-corrected chi connectivity index (χ1v) is 4.30. The Hall–Kier alpha value is -2.50. The van der Waals surface area contributed by atoms with E-state index >= 15 is 0 Å². The lowest BCUT2D eigenvalue weighted by atomic mass is 10.1. The van der Waals surface area contributed by atoms with Crippen LogP contribution >= 0.6 is 0 Å². The summed E-state index contributed by atoms with van der Waals surface area (Å²) in [7, 11) is 0. The molecule has 0 saturated carbocycles. The van der Waals surface area contributed by atoms with E-state index in [1.54, 1.807) is 6.07 Å². The number of nitriles is 2. The lowest BCUT2D eigenvalue weighted by Crippen LogP contribution is -2.04. The molecule has 1 aromatic carbocycles. The third-order valence-corrected chi connectivity index (χ3v) is 1.87. The van der Waals surface area contributed by atoms with Crippen molar-refractivity contribution in [3.63, 3.8) is 0 Å². The first-order valence-electron chi connectivity index (χ1n) is 4.30. The molecule has 0 aliphatic carbocycles. The number of aliphatic hydroxyl groups is 1. The number of rotatable bonds is 2. The molecule has 0 aromatic heterocycles. The van der Waals surface area contributed by atoms with E-state index in [0.717, 1.165) is 0 Å². The van der Waals surface area contributed by atoms with Crippen molar-refractivity contribution >= 4 is 6.08 Å². The summed E-state index contributed by atoms with van der Waals surface area (Å²) in [5.74, 6) is -0.617. The van der Waals surface area contributed by atoms with Gasteiger partial charge < -0.3 is 15.3 Å². The van der Waals surface area contributed by atoms with Crippen LogP contribution in [0, 0.1) is 22.7 Å². The summed E-state index contributed by atoms with van der Waals surface area (Å²) in [4.78, 5) is 0. The minimum absolute atomic E-state index is 0.132. The van der Waals surface area contributed by atoms with Gasteiger partial charge in [-0.3, -0.25) is 0 Å². The molecule has 1 unspecified atom stereocenters. The van der Waals surface area contributed by atoms with Gasteiger partial charge in [-0.2, -0.15) is 10.5 Å². The third kappa shape index (κ3) is 2.50. The molecule has 0 radical (unpaired) electrons. The highest BCUT2D eigenvalue weighted by Gasteiger charge is 2.09. The normalized spacial score (nSPS) is 12.6. The summed E-state index contributed by atoms with van der Waals surface area (Å²) in [5, 5.41) is 44.5. The summed E-state index contributed by atoms with van der Waals surface area (Å²) in [5.41, 5.74) is 0.272. The SMILES string of the molecule is N#C/C(=C/c1ccc(O)c(O)c1)C(O)C#N. The lowest BCUT2D eigenvalue weighted by Gasteiger charge is -2.01. The molecule has 0 saturated heterocycles. The lowest BCUT2D eigenvalue weighted by molar-refractivity contribution is 0.271. The van der Waals surface area contributed by atoms with E-state index in [2.05, 4.69) is 0 Å². The molecule has 0 bridgehead atoms. The van der Waals surface area contributed by atoms with Crippen LogP contribution in [0.15, 0.2) is 23.8 Å². The van der Waals surface area contributed by atoms with E-state index in [9.17, 15) is 5.11 Å². The van der Waals surface area contributed by atoms with Crippen LogP contribution in [0.4, 0.5) is 0 Å². The first kappa shape index (κ1) is 11.6. The van der Waals surface area contributed by atoms with Crippen LogP contribution < -0.4 is 0 Å². The van der Waals surface area contributed by atoms with Crippen LogP contribution in [-0.2, 0) is 0 Å². The molecule has 1 aromatic rings. The average Bonchev–Trinajstić information content (AvgIpc) is 2.29. The van der Waals surface area contributed by atoms with Crippen molar-refractivity contribution < 1.29 is 15.3 Å². The van der Waals surface area contributed by atoms with E-state index in [-0.39, 0.29) is 17.1 Å². The van der Waals surface area contributed by atoms with Crippen LogP contribution in [0.25, 0.3) is 6.08 Å². The Morgan fingerprint density at radius 1 is 1.25 bits per heavy atom. The molecular weight excluding hydrogens is 208 g/mol. The molecule has 16 heavy (non-hydrogen) atoms. The van der Waals surface area contributed by atoms with Gasteiger partial charge in [0.1, 0.15) is 0 Å². The fourth-order valence-corrected chi connectivity index (χ4v) is 1.05. The van der Waals surface area contributed by atoms with Crippen molar-refractivity contribution in [3.8, 4) is 23.6 Å². The number of aromatic hydroxyl groups is 2. The molecule has 1 atom stereocenters. The second-order valence-electron chi connectivity index (χ2n) is 2.99. The number of nitrogens with zero attached hydrogens (tertiary/aromatic N) is 2. The minimum Gasteiger partial charge on any atom is -0.504 e. The number of hydrogen-bond donors (Lipinski definition) is 3. The van der Waals surface area contributed by atoms with E-state index in [1.807, 2.05) is 0 Å². The Kier molecular flexibility index (Phi) is 3.49. The van der Waals surface area contributed by atoms with Crippen molar-refractivity contribution in [1.29, 1.82) is 10.5 Å². The van der Waals surface area contributed by atoms with Gasteiger partial charge in [0, 0.05) is 0 Å². The molecule has 3 N–H and O–H groups in total. The number of benzene rings is 1. The summed E-state index contributed by atoms with van der Waals surface area (Å²) < 4.78 is 0. The van der Waals surface area contributed by atoms with Crippen LogP contribution in [0.3, 0.4) is 0 Å². The summed E-state index contributed by atoms with van der Waals surface area (Å²) in [6.45, 7) is 0. The van der Waals surface area contributed by atoms with Gasteiger partial charge in [-0.05, 0) is 23.8 Å². The average molecular weight is 216 g/mol. The number of phenolic OH excluding ortho intramolecular Hbond substituents is 2. The number of phenols is 2. The van der Waals surface area contributed by atoms with E-state index in [0.29, 0.717) is 5.56 Å². The maximum Gasteiger partial charge on any atom is 0.175 e. The molecule has 0 spiro atoms. The first-order chi connectivity index (χ1) is 7.58. The fourth-order valence-electron chi connectivity index (χ4n) is 1.05. The molecule has 80 valence electrons. The number of hydrogen-bond acceptors (Lipinski definition) is 5. The molecule has 0 aliphatic rings. The second kappa shape index (κ2) is 4.83. The Bertz CT molecular complexity index is 509. The summed E-state index contributed by atoms with van der Waals surface area (Å²) >= 11 is 0. The highest BCUT2D eigenvalue weighted by molar-refractivity contribution is 5.62. The molecule has 5 heteroatoms. The highest BCUT2D eigenvalue weighted by Crippen LogP contribution is 2.26. The zero-order valence-electron chi connectivity index (χ0n) is 8.12. The molecule has 0 aliphatic heterocycles. The third-order valence-electron chi connectivity index (χ3n) is 1.87. The van der Waals surface area contributed by atoms with Crippen molar-refractivity contribution in [1.82, 2.24) is 0 Å². The zero-order valence-corrected chi connectivity index (χ0v) is 8.12. The van der Waals surface area contributed by atoms with Crippen LogP contribution in [0.5, 0.6) is 11.5 Å². The molecule has 0 heterocycles. The molecular formula is C11H8N2O3. The predicted octanol–water partition coefficient (Wildman–Crippen LogP) is 0.889. The Labute approximate surface area is 91.7 Å². The molecule has 5 nitrogen and oxygen atoms in total. The van der Waals surface area contributed by atoms with Crippen molar-refractivity contribution in [2.24, 2.45) is 0 Å². The smallest absolute Gasteiger partial charge is 0.175 e. The van der Waals surface area contributed by atoms with Gasteiger partial charge in [0.05, 0.1) is 17.7 Å². The van der Waals surface area contributed by atoms with Crippen molar-refractivity contribution in [3.05, 3.63) is 29.3 Å². The molecule has 1 rings (SSSR count). The van der Waals surface area contributed by atoms with Crippen molar-refractivity contribution in [2.45, 2.75) is 6.10 Å². The maximum absolute atomic E-state index is 9.19. The van der Waals surface area contributed by atoms with Gasteiger partial charge in [-0.25, -0.2) is 0 Å². The highest BCUT2D eigenvalue weighted by atomic mass is 16.3. The maximum atomic E-state index is 9.19. The minimum atomic E-state index is -1.50. The Balaban J connectivity index is 3.12. The van der Waals surface area contributed by atoms with E-state index < -0.39 is 6.10 Å². The number of aliphatic hydroxyl groups excluding tert-OH is 1. The monoisotopic (exact) mass is 216 g/mol. The van der Waals surface area contributed by atoms with E-state index in [4.69, 9.17) is 20.7 Å². The summed E-state index contributed by atoms with van der Waals surface area (Å²) in [6.07, 6.45) is -0.242. The van der Waals surface area contributed by atoms with Gasteiger partial charge in [0.15, 0.2) is 17.6 Å². The zero-order chi connectivity index (χ0) is 12.1. The quantitative estimate of drug-likeness (QED) is 0.386. The van der Waals surface area contributed by atoms with Gasteiger partial charge >= 0.3 is 0 Å². The molecule has 0 amide bonds. The van der Waals surface area contributed by atoms with E-state index in [1.165, 1.54) is 30.3 Å². The Morgan fingerprint density at radius 3 is 2.44 bits per heavy atom. The topological polar surface area (TPSA) is 108 Å². The molecule has 0 fully saturated rings. The van der Waals surface area contributed by atoms with Gasteiger partial charge in [0.2, 0.25) is 0 Å².